The van der Waals surface area contributed by atoms with E-state index < -0.39 is 60.2 Å². The van der Waals surface area contributed by atoms with Gasteiger partial charge in [-0.1, -0.05) is 64.1 Å². The molecule has 0 aliphatic heterocycles. The molecule has 53 heavy (non-hydrogen) atoms. The summed E-state index contributed by atoms with van der Waals surface area (Å²) in [6.07, 6.45) is -0.474. The van der Waals surface area contributed by atoms with Gasteiger partial charge in [-0.25, -0.2) is 9.59 Å². The molecule has 0 radical (unpaired) electrons. The zero-order valence-electron chi connectivity index (χ0n) is 30.3. The molecule has 0 heterocycles. The summed E-state index contributed by atoms with van der Waals surface area (Å²) in [5.41, 5.74) is 0.537. The number of aliphatic hydroxyl groups excluding tert-OH is 1. The monoisotopic (exact) mass is 732 g/mol. The maximum atomic E-state index is 13.5. The Hall–Kier alpha value is -5.60. The van der Waals surface area contributed by atoms with E-state index in [-0.39, 0.29) is 41.5 Å². The fraction of sp³-hybridized carbons (Fsp3) is 0.385. The number of carbonyl (C=O) groups excluding carboxylic acids is 4. The Morgan fingerprint density at radius 2 is 1.34 bits per heavy atom. The molecule has 3 aromatic rings. The zero-order valence-corrected chi connectivity index (χ0v) is 30.3. The lowest BCUT2D eigenvalue weighted by molar-refractivity contribution is -0.129. The summed E-state index contributed by atoms with van der Waals surface area (Å²) in [5, 5.41) is 37.8. The van der Waals surface area contributed by atoms with E-state index in [9.17, 15) is 44.1 Å². The second-order valence-electron chi connectivity index (χ2n) is 12.9. The number of ether oxygens (including phenoxy) is 1. The molecule has 4 amide bonds. The fourth-order valence-electron chi connectivity index (χ4n) is 5.48. The average Bonchev–Trinajstić information content (AvgIpc) is 3.13. The van der Waals surface area contributed by atoms with Crippen molar-refractivity contribution in [3.8, 4) is 0 Å². The normalized spacial score (nSPS) is 12.6. The summed E-state index contributed by atoms with van der Waals surface area (Å²) in [7, 11) is 0. The van der Waals surface area contributed by atoms with Crippen molar-refractivity contribution in [2.75, 3.05) is 25.0 Å². The van der Waals surface area contributed by atoms with Crippen molar-refractivity contribution in [3.05, 3.63) is 101 Å². The summed E-state index contributed by atoms with van der Waals surface area (Å²) in [4.78, 5) is 78.0. The van der Waals surface area contributed by atoms with Gasteiger partial charge in [-0.15, -0.1) is 0 Å². The van der Waals surface area contributed by atoms with E-state index in [1.165, 1.54) is 12.1 Å². The minimum atomic E-state index is -1.48. The third-order valence-electron chi connectivity index (χ3n) is 8.19. The van der Waals surface area contributed by atoms with E-state index in [4.69, 9.17) is 4.74 Å². The second kappa shape index (κ2) is 20.4. The van der Waals surface area contributed by atoms with Crippen LogP contribution >= 0.6 is 0 Å². The highest BCUT2D eigenvalue weighted by Gasteiger charge is 2.29. The number of benzene rings is 3. The highest BCUT2D eigenvalue weighted by Crippen LogP contribution is 2.18. The Balaban J connectivity index is 1.77. The standard InChI is InChI=1S/C39H48N4O10/c1-5-15-43(16-6-2)37(48)27-14-10-13-26(17-27)35(46)41-31(23-53-22-25-11-8-7-9-12-25)32(44)21-33(45)42-34(24(3)4)36(47)40-30-19-28(38(49)50)18-29(20-30)39(51)52/h7-14,17-20,24,31-32,34,44H,5-6,15-16,21-23H2,1-4H3,(H,40,47)(H,41,46)(H,42,45)(H,49,50)(H,51,52)/t31-,32-,34-/m0/s1. The smallest absolute Gasteiger partial charge is 0.335 e. The molecule has 3 atom stereocenters. The average molecular weight is 733 g/mol. The van der Waals surface area contributed by atoms with E-state index in [1.807, 2.05) is 44.2 Å². The van der Waals surface area contributed by atoms with E-state index in [1.54, 1.807) is 30.9 Å². The molecule has 0 aliphatic rings. The maximum absolute atomic E-state index is 13.5. The SMILES string of the molecule is CCCN(CCC)C(=O)c1cccc(C(=O)N[C@@H](COCc2ccccc2)[C@@H](O)CC(=O)N[C@H](C(=O)Nc2cc(C(=O)O)cc(C(=O)O)c2)C(C)C)c1. The molecule has 284 valence electrons. The number of aromatic carboxylic acids is 2. The van der Waals surface area contributed by atoms with Crippen LogP contribution < -0.4 is 16.0 Å². The number of rotatable bonds is 20. The predicted octanol–water partition coefficient (Wildman–Crippen LogP) is 4.19. The van der Waals surface area contributed by atoms with Gasteiger partial charge in [0, 0.05) is 29.9 Å². The lowest BCUT2D eigenvalue weighted by Gasteiger charge is -2.26. The lowest BCUT2D eigenvalue weighted by atomic mass is 10.0. The first-order valence-corrected chi connectivity index (χ1v) is 17.5. The summed E-state index contributed by atoms with van der Waals surface area (Å²) in [6, 6.07) is 16.3. The minimum Gasteiger partial charge on any atom is -0.478 e. The molecular weight excluding hydrogens is 684 g/mol. The summed E-state index contributed by atoms with van der Waals surface area (Å²) in [5.74, 6) is -5.57. The highest BCUT2D eigenvalue weighted by atomic mass is 16.5. The second-order valence-corrected chi connectivity index (χ2v) is 12.9. The van der Waals surface area contributed by atoms with Crippen LogP contribution in [-0.2, 0) is 20.9 Å². The molecular formula is C39H48N4O10. The van der Waals surface area contributed by atoms with Crippen LogP contribution in [0.15, 0.2) is 72.8 Å². The number of anilines is 1. The van der Waals surface area contributed by atoms with Gasteiger partial charge in [0.2, 0.25) is 11.8 Å². The Morgan fingerprint density at radius 3 is 1.91 bits per heavy atom. The Bertz CT molecular complexity index is 1710. The van der Waals surface area contributed by atoms with Gasteiger partial charge >= 0.3 is 11.9 Å². The van der Waals surface area contributed by atoms with Crippen LogP contribution in [0.5, 0.6) is 0 Å². The van der Waals surface area contributed by atoms with Gasteiger partial charge in [0.05, 0.1) is 42.9 Å². The van der Waals surface area contributed by atoms with Gasteiger partial charge in [0.25, 0.3) is 11.8 Å². The van der Waals surface area contributed by atoms with Gasteiger partial charge in [0.15, 0.2) is 0 Å². The van der Waals surface area contributed by atoms with Crippen molar-refractivity contribution in [3.63, 3.8) is 0 Å². The molecule has 0 aliphatic carbocycles. The summed E-state index contributed by atoms with van der Waals surface area (Å²) in [6.45, 7) is 8.37. The molecule has 14 nitrogen and oxygen atoms in total. The first-order valence-electron chi connectivity index (χ1n) is 17.5. The molecule has 0 aromatic heterocycles. The number of hydrogen-bond donors (Lipinski definition) is 6. The number of carboxylic acid groups (broad SMARTS) is 2. The number of nitrogens with zero attached hydrogens (tertiary/aromatic N) is 1. The van der Waals surface area contributed by atoms with Crippen LogP contribution in [0, 0.1) is 5.92 Å². The quantitative estimate of drug-likeness (QED) is 0.0975. The Kier molecular flexibility index (Phi) is 16.1. The molecule has 3 aromatic carbocycles. The zero-order chi connectivity index (χ0) is 39.1. The van der Waals surface area contributed by atoms with E-state index in [2.05, 4.69) is 16.0 Å². The molecule has 0 spiro atoms. The number of hydrogen-bond acceptors (Lipinski definition) is 8. The molecule has 3 rings (SSSR count). The predicted molar refractivity (Wildman–Crippen MR) is 197 cm³/mol. The summed E-state index contributed by atoms with van der Waals surface area (Å²) < 4.78 is 5.83. The lowest BCUT2D eigenvalue weighted by Crippen LogP contribution is -2.51. The van der Waals surface area contributed by atoms with E-state index in [0.29, 0.717) is 18.7 Å². The Labute approximate surface area is 308 Å². The third kappa shape index (κ3) is 12.8. The molecule has 6 N–H and O–H groups in total. The van der Waals surface area contributed by atoms with Crippen molar-refractivity contribution in [2.24, 2.45) is 5.92 Å². The molecule has 0 saturated carbocycles. The fourth-order valence-corrected chi connectivity index (χ4v) is 5.48. The van der Waals surface area contributed by atoms with Crippen LogP contribution in [0.4, 0.5) is 5.69 Å². The van der Waals surface area contributed by atoms with Crippen molar-refractivity contribution in [1.82, 2.24) is 15.5 Å². The van der Waals surface area contributed by atoms with Gasteiger partial charge in [-0.05, 0) is 60.7 Å². The molecule has 0 fully saturated rings. The van der Waals surface area contributed by atoms with Gasteiger partial charge in [-0.3, -0.25) is 19.2 Å². The van der Waals surface area contributed by atoms with Crippen molar-refractivity contribution in [1.29, 1.82) is 0 Å². The van der Waals surface area contributed by atoms with Crippen LogP contribution in [-0.4, -0.2) is 93.7 Å². The largest absolute Gasteiger partial charge is 0.478 e. The highest BCUT2D eigenvalue weighted by molar-refractivity contribution is 6.01. The molecule has 0 unspecified atom stereocenters. The first-order chi connectivity index (χ1) is 25.2. The maximum Gasteiger partial charge on any atom is 0.335 e. The summed E-state index contributed by atoms with van der Waals surface area (Å²) >= 11 is 0. The third-order valence-corrected chi connectivity index (χ3v) is 8.19. The van der Waals surface area contributed by atoms with E-state index >= 15 is 0 Å². The molecule has 0 saturated heterocycles. The van der Waals surface area contributed by atoms with Crippen molar-refractivity contribution < 1.29 is 48.8 Å². The van der Waals surface area contributed by atoms with Gasteiger partial charge in [0.1, 0.15) is 6.04 Å². The topological polar surface area (TPSA) is 212 Å². The van der Waals surface area contributed by atoms with Gasteiger partial charge < -0.3 is 40.9 Å². The van der Waals surface area contributed by atoms with Crippen molar-refractivity contribution >= 4 is 41.3 Å². The number of nitrogens with one attached hydrogen (secondary N) is 3. The number of amides is 4. The van der Waals surface area contributed by atoms with Crippen LogP contribution in [0.25, 0.3) is 0 Å². The Morgan fingerprint density at radius 1 is 0.755 bits per heavy atom. The van der Waals surface area contributed by atoms with Crippen LogP contribution in [0.2, 0.25) is 0 Å². The number of aliphatic hydroxyl groups is 1. The first kappa shape index (κ1) is 41.8. The van der Waals surface area contributed by atoms with Crippen molar-refractivity contribution in [2.45, 2.75) is 71.8 Å². The van der Waals surface area contributed by atoms with Crippen LogP contribution in [0.3, 0.4) is 0 Å². The number of carbonyl (C=O) groups is 6. The van der Waals surface area contributed by atoms with Crippen LogP contribution in [0.1, 0.15) is 94.0 Å². The molecule has 14 heteroatoms. The van der Waals surface area contributed by atoms with E-state index in [0.717, 1.165) is 36.6 Å². The molecule has 0 bridgehead atoms. The minimum absolute atomic E-state index is 0.0974. The van der Waals surface area contributed by atoms with Gasteiger partial charge in [-0.2, -0.15) is 0 Å². The number of carboxylic acids is 2.